The van der Waals surface area contributed by atoms with Crippen LogP contribution in [0.5, 0.6) is 0 Å². The second-order valence-corrected chi connectivity index (χ2v) is 10.6. The molecule has 2 aromatic carbocycles. The highest BCUT2D eigenvalue weighted by atomic mass is 32.2. The average molecular weight is 456 g/mol. The molecule has 1 unspecified atom stereocenters. The average Bonchev–Trinajstić information content (AvgIpc) is 3.52. The minimum atomic E-state index is -3.76. The summed E-state index contributed by atoms with van der Waals surface area (Å²) in [4.78, 5) is 26.8. The van der Waals surface area contributed by atoms with E-state index in [9.17, 15) is 18.0 Å². The van der Waals surface area contributed by atoms with E-state index in [0.29, 0.717) is 12.1 Å². The van der Waals surface area contributed by atoms with E-state index in [4.69, 9.17) is 0 Å². The summed E-state index contributed by atoms with van der Waals surface area (Å²) in [7, 11) is -3.76. The van der Waals surface area contributed by atoms with Gasteiger partial charge in [-0.05, 0) is 87.1 Å². The van der Waals surface area contributed by atoms with Gasteiger partial charge in [-0.25, -0.2) is 13.1 Å². The third-order valence-corrected chi connectivity index (χ3v) is 7.63. The van der Waals surface area contributed by atoms with Crippen LogP contribution in [-0.2, 0) is 26.0 Å². The number of amides is 2. The van der Waals surface area contributed by atoms with Crippen molar-refractivity contribution in [1.29, 1.82) is 0 Å². The fourth-order valence-corrected chi connectivity index (χ4v) is 5.14. The van der Waals surface area contributed by atoms with Gasteiger partial charge in [0.25, 0.3) is 0 Å². The molecule has 0 saturated heterocycles. The van der Waals surface area contributed by atoms with E-state index in [1.165, 1.54) is 6.07 Å². The molecule has 4 rings (SSSR count). The van der Waals surface area contributed by atoms with Gasteiger partial charge in [0.1, 0.15) is 0 Å². The second-order valence-electron chi connectivity index (χ2n) is 8.82. The van der Waals surface area contributed by atoms with Gasteiger partial charge in [0.2, 0.25) is 21.8 Å². The van der Waals surface area contributed by atoms with Gasteiger partial charge in [-0.2, -0.15) is 0 Å². The maximum Gasteiger partial charge on any atom is 0.240 e. The van der Waals surface area contributed by atoms with Crippen LogP contribution in [0.15, 0.2) is 41.3 Å². The van der Waals surface area contributed by atoms with Crippen molar-refractivity contribution >= 4 is 33.2 Å². The molecule has 170 valence electrons. The van der Waals surface area contributed by atoms with Crippen LogP contribution in [0.3, 0.4) is 0 Å². The molecule has 2 aromatic rings. The molecule has 32 heavy (non-hydrogen) atoms. The van der Waals surface area contributed by atoms with E-state index in [1.54, 1.807) is 12.1 Å². The number of carbonyl (C=O) groups is 2. The number of hydrogen-bond acceptors (Lipinski definition) is 4. The van der Waals surface area contributed by atoms with Crippen LogP contribution in [0.2, 0.25) is 0 Å². The summed E-state index contributed by atoms with van der Waals surface area (Å²) >= 11 is 0. The maximum atomic E-state index is 12.7. The van der Waals surface area contributed by atoms with Gasteiger partial charge in [-0.1, -0.05) is 6.07 Å². The Labute approximate surface area is 189 Å². The van der Waals surface area contributed by atoms with Crippen molar-refractivity contribution in [1.82, 2.24) is 4.72 Å². The molecule has 7 nitrogen and oxygen atoms in total. The molecule has 0 bridgehead atoms. The zero-order chi connectivity index (χ0) is 23.0. The highest BCUT2D eigenvalue weighted by molar-refractivity contribution is 7.89. The molecule has 1 aliphatic carbocycles. The van der Waals surface area contributed by atoms with Crippen molar-refractivity contribution < 1.29 is 18.0 Å². The van der Waals surface area contributed by atoms with Gasteiger partial charge < -0.3 is 10.2 Å². The normalized spacial score (nSPS) is 17.8. The van der Waals surface area contributed by atoms with E-state index in [1.807, 2.05) is 43.9 Å². The Morgan fingerprint density at radius 3 is 2.50 bits per heavy atom. The summed E-state index contributed by atoms with van der Waals surface area (Å²) in [5, 5.41) is 2.79. The van der Waals surface area contributed by atoms with Crippen LogP contribution >= 0.6 is 0 Å². The molecule has 2 amide bonds. The number of fused-ring (bicyclic) bond motifs is 1. The van der Waals surface area contributed by atoms with E-state index < -0.39 is 10.0 Å². The number of carbonyl (C=O) groups excluding carboxylic acids is 2. The third-order valence-electron chi connectivity index (χ3n) is 6.18. The number of nitrogens with zero attached hydrogens (tertiary/aromatic N) is 1. The van der Waals surface area contributed by atoms with Gasteiger partial charge in [-0.3, -0.25) is 9.59 Å². The molecule has 0 spiro atoms. The topological polar surface area (TPSA) is 95.6 Å². The molecule has 0 radical (unpaired) electrons. The number of rotatable bonds is 7. The Morgan fingerprint density at radius 1 is 1.06 bits per heavy atom. The Morgan fingerprint density at radius 2 is 1.81 bits per heavy atom. The summed E-state index contributed by atoms with van der Waals surface area (Å²) in [6, 6.07) is 10.6. The molecule has 1 aliphatic heterocycles. The molecule has 0 aromatic heterocycles. The van der Waals surface area contributed by atoms with Gasteiger partial charge in [0.05, 0.1) is 4.90 Å². The zero-order valence-corrected chi connectivity index (χ0v) is 19.5. The van der Waals surface area contributed by atoms with Gasteiger partial charge in [-0.15, -0.1) is 0 Å². The number of aryl methyl sites for hydroxylation is 2. The Balaban J connectivity index is 1.36. The lowest BCUT2D eigenvalue weighted by Crippen LogP contribution is -2.36. The molecule has 8 heteroatoms. The van der Waals surface area contributed by atoms with Crippen molar-refractivity contribution in [3.8, 4) is 0 Å². The molecular weight excluding hydrogens is 426 g/mol. The number of nitrogens with one attached hydrogen (secondary N) is 2. The summed E-state index contributed by atoms with van der Waals surface area (Å²) in [6.07, 6.45) is 2.53. The van der Waals surface area contributed by atoms with E-state index in [-0.39, 0.29) is 41.6 Å². The fourth-order valence-electron chi connectivity index (χ4n) is 4.06. The minimum Gasteiger partial charge on any atom is -0.326 e. The molecule has 2 aliphatic rings. The van der Waals surface area contributed by atoms with Crippen molar-refractivity contribution in [3.05, 3.63) is 53.1 Å². The first-order valence-corrected chi connectivity index (χ1v) is 12.5. The number of benzene rings is 2. The molecule has 1 fully saturated rings. The van der Waals surface area contributed by atoms with Gasteiger partial charge in [0.15, 0.2) is 0 Å². The molecule has 1 saturated carbocycles. The standard InChI is InChI=1S/C24H29N3O4S/c1-15-4-7-20(12-16(15)2)26-23(28)10-11-25-32(30,31)21-8-9-22-19(14-21)13-17(3)27(22)24(29)18-5-6-18/h4,7-9,12,14,17-18,25H,5-6,10-11,13H2,1-3H3,(H,26,28). The lowest BCUT2D eigenvalue weighted by atomic mass is 10.1. The van der Waals surface area contributed by atoms with Crippen molar-refractivity contribution in [2.45, 2.75) is 57.4 Å². The monoisotopic (exact) mass is 455 g/mol. The summed E-state index contributed by atoms with van der Waals surface area (Å²) in [5.41, 5.74) is 4.58. The van der Waals surface area contributed by atoms with Crippen LogP contribution in [-0.4, -0.2) is 32.8 Å². The number of sulfonamides is 1. The zero-order valence-electron chi connectivity index (χ0n) is 18.6. The van der Waals surface area contributed by atoms with E-state index in [2.05, 4.69) is 10.0 Å². The summed E-state index contributed by atoms with van der Waals surface area (Å²) < 4.78 is 28.0. The van der Waals surface area contributed by atoms with Crippen LogP contribution < -0.4 is 14.9 Å². The predicted molar refractivity (Wildman–Crippen MR) is 124 cm³/mol. The highest BCUT2D eigenvalue weighted by Gasteiger charge is 2.39. The molecular formula is C24H29N3O4S. The van der Waals surface area contributed by atoms with Crippen molar-refractivity contribution in [2.24, 2.45) is 5.92 Å². The Hall–Kier alpha value is -2.71. The maximum absolute atomic E-state index is 12.7. The lowest BCUT2D eigenvalue weighted by Gasteiger charge is -2.22. The fraction of sp³-hybridized carbons (Fsp3) is 0.417. The first-order valence-electron chi connectivity index (χ1n) is 11.0. The summed E-state index contributed by atoms with van der Waals surface area (Å²) in [6.45, 7) is 5.95. The van der Waals surface area contributed by atoms with Crippen molar-refractivity contribution in [3.63, 3.8) is 0 Å². The molecule has 2 N–H and O–H groups in total. The molecule has 1 heterocycles. The highest BCUT2D eigenvalue weighted by Crippen LogP contribution is 2.39. The quantitative estimate of drug-likeness (QED) is 0.670. The van der Waals surface area contributed by atoms with Crippen LogP contribution in [0, 0.1) is 19.8 Å². The van der Waals surface area contributed by atoms with Gasteiger partial charge >= 0.3 is 0 Å². The van der Waals surface area contributed by atoms with E-state index >= 15 is 0 Å². The third kappa shape index (κ3) is 4.71. The van der Waals surface area contributed by atoms with Crippen LogP contribution in [0.1, 0.15) is 42.9 Å². The first-order chi connectivity index (χ1) is 15.2. The molecule has 1 atom stereocenters. The Kier molecular flexibility index (Phi) is 6.09. The second kappa shape index (κ2) is 8.67. The van der Waals surface area contributed by atoms with Gasteiger partial charge in [0, 0.05) is 36.3 Å². The summed E-state index contributed by atoms with van der Waals surface area (Å²) in [5.74, 6) is -0.00354. The van der Waals surface area contributed by atoms with Crippen LogP contribution in [0.4, 0.5) is 11.4 Å². The predicted octanol–water partition coefficient (Wildman–Crippen LogP) is 3.30. The smallest absolute Gasteiger partial charge is 0.240 e. The van der Waals surface area contributed by atoms with Crippen LogP contribution in [0.25, 0.3) is 0 Å². The first kappa shape index (κ1) is 22.5. The van der Waals surface area contributed by atoms with Crippen molar-refractivity contribution in [2.75, 3.05) is 16.8 Å². The number of anilines is 2. The largest absolute Gasteiger partial charge is 0.326 e. The lowest BCUT2D eigenvalue weighted by molar-refractivity contribution is -0.120. The van der Waals surface area contributed by atoms with E-state index in [0.717, 1.165) is 35.2 Å². The minimum absolute atomic E-state index is 0.00120. The SMILES string of the molecule is Cc1ccc(NC(=O)CCNS(=O)(=O)c2ccc3c(c2)CC(C)N3C(=O)C2CC2)cc1C. The Bertz CT molecular complexity index is 1170. The number of hydrogen-bond donors (Lipinski definition) is 2.